The minimum Gasteiger partial charge on any atom is -0.461 e. The van der Waals surface area contributed by atoms with Gasteiger partial charge < -0.3 is 9.15 Å². The summed E-state index contributed by atoms with van der Waals surface area (Å²) < 4.78 is 9.89. The van der Waals surface area contributed by atoms with E-state index in [0.717, 1.165) is 0 Å². The Hall–Kier alpha value is -1.62. The van der Waals surface area contributed by atoms with E-state index in [1.54, 1.807) is 24.3 Å². The number of carbonyl (C=O) groups excluding carboxylic acids is 1. The van der Waals surface area contributed by atoms with Gasteiger partial charge in [0.1, 0.15) is 17.8 Å². The summed E-state index contributed by atoms with van der Waals surface area (Å²) in [6, 6.07) is 8.48. The summed E-state index contributed by atoms with van der Waals surface area (Å²) in [6.45, 7) is 0.213. The van der Waals surface area contributed by atoms with E-state index in [1.165, 1.54) is 6.07 Å². The summed E-state index contributed by atoms with van der Waals surface area (Å²) in [5.41, 5.74) is -0.303. The summed E-state index contributed by atoms with van der Waals surface area (Å²) in [4.78, 5) is 23.1. The van der Waals surface area contributed by atoms with E-state index in [2.05, 4.69) is 15.9 Å². The van der Waals surface area contributed by atoms with Crippen molar-refractivity contribution in [2.24, 2.45) is 0 Å². The number of halogens is 1. The molecule has 1 aromatic carbocycles. The van der Waals surface area contributed by atoms with Gasteiger partial charge in [-0.2, -0.15) is 0 Å². The molecule has 0 fully saturated rings. The first-order valence-electron chi connectivity index (χ1n) is 4.98. The molecule has 0 atom stereocenters. The quantitative estimate of drug-likeness (QED) is 0.496. The first-order valence-corrected chi connectivity index (χ1v) is 6.10. The molecule has 0 saturated heterocycles. The van der Waals surface area contributed by atoms with Crippen LogP contribution in [-0.2, 0) is 4.74 Å². The van der Waals surface area contributed by atoms with Gasteiger partial charge in [-0.25, -0.2) is 9.59 Å². The fourth-order valence-electron chi connectivity index (χ4n) is 1.41. The molecule has 1 heterocycles. The van der Waals surface area contributed by atoms with Crippen LogP contribution in [0.5, 0.6) is 0 Å². The van der Waals surface area contributed by atoms with E-state index in [-0.39, 0.29) is 12.2 Å². The van der Waals surface area contributed by atoms with Crippen LogP contribution in [0, 0.1) is 0 Å². The van der Waals surface area contributed by atoms with Crippen molar-refractivity contribution in [1.82, 2.24) is 0 Å². The molecule has 0 spiro atoms. The van der Waals surface area contributed by atoms with E-state index in [1.807, 2.05) is 0 Å². The maximum absolute atomic E-state index is 11.6. The van der Waals surface area contributed by atoms with Crippen LogP contribution in [0.2, 0.25) is 0 Å². The Morgan fingerprint density at radius 1 is 1.35 bits per heavy atom. The molecule has 0 aliphatic rings. The van der Waals surface area contributed by atoms with Gasteiger partial charge in [0.05, 0.1) is 0 Å². The Balaban J connectivity index is 2.44. The lowest BCUT2D eigenvalue weighted by Gasteiger charge is -2.02. The molecule has 0 aliphatic heterocycles. The molecule has 0 bridgehead atoms. The lowest BCUT2D eigenvalue weighted by atomic mass is 10.2. The van der Waals surface area contributed by atoms with Gasteiger partial charge in [-0.05, 0) is 12.1 Å². The van der Waals surface area contributed by atoms with Gasteiger partial charge in [0.25, 0.3) is 0 Å². The molecule has 0 saturated carbocycles. The SMILES string of the molecule is O=C(OCCBr)c1cc2ccccc2oc1=O. The van der Waals surface area contributed by atoms with Gasteiger partial charge >= 0.3 is 11.6 Å². The van der Waals surface area contributed by atoms with Gasteiger partial charge in [0.2, 0.25) is 0 Å². The van der Waals surface area contributed by atoms with Crippen LogP contribution in [0.3, 0.4) is 0 Å². The van der Waals surface area contributed by atoms with Crippen LogP contribution in [0.1, 0.15) is 10.4 Å². The zero-order valence-electron chi connectivity index (χ0n) is 8.81. The summed E-state index contributed by atoms with van der Waals surface area (Å²) in [6.07, 6.45) is 0. The predicted molar refractivity (Wildman–Crippen MR) is 66.6 cm³/mol. The summed E-state index contributed by atoms with van der Waals surface area (Å²) >= 11 is 3.13. The highest BCUT2D eigenvalue weighted by Crippen LogP contribution is 2.12. The fourth-order valence-corrected chi connectivity index (χ4v) is 1.58. The lowest BCUT2D eigenvalue weighted by Crippen LogP contribution is -2.17. The van der Waals surface area contributed by atoms with Crippen LogP contribution < -0.4 is 5.63 Å². The molecule has 88 valence electrons. The zero-order chi connectivity index (χ0) is 12.3. The van der Waals surface area contributed by atoms with Gasteiger partial charge in [0.15, 0.2) is 0 Å². The highest BCUT2D eigenvalue weighted by atomic mass is 79.9. The highest BCUT2D eigenvalue weighted by molar-refractivity contribution is 9.09. The second-order valence-corrected chi connectivity index (χ2v) is 4.10. The fraction of sp³-hybridized carbons (Fsp3) is 0.167. The lowest BCUT2D eigenvalue weighted by molar-refractivity contribution is 0.0527. The molecule has 0 amide bonds. The van der Waals surface area contributed by atoms with Gasteiger partial charge in [-0.1, -0.05) is 34.1 Å². The number of hydrogen-bond donors (Lipinski definition) is 0. The average molecular weight is 297 g/mol. The number of alkyl halides is 1. The maximum Gasteiger partial charge on any atom is 0.351 e. The van der Waals surface area contributed by atoms with Gasteiger partial charge in [0, 0.05) is 10.7 Å². The average Bonchev–Trinajstić information content (AvgIpc) is 2.35. The number of para-hydroxylation sites is 1. The van der Waals surface area contributed by atoms with Crippen molar-refractivity contribution < 1.29 is 13.9 Å². The molecule has 2 rings (SSSR count). The van der Waals surface area contributed by atoms with Crippen molar-refractivity contribution in [3.8, 4) is 0 Å². The van der Waals surface area contributed by atoms with Crippen LogP contribution >= 0.6 is 15.9 Å². The number of ether oxygens (including phenoxy) is 1. The van der Waals surface area contributed by atoms with Gasteiger partial charge in [-0.15, -0.1) is 0 Å². The predicted octanol–water partition coefficient (Wildman–Crippen LogP) is 2.34. The number of fused-ring (bicyclic) bond motifs is 1. The van der Waals surface area contributed by atoms with E-state index < -0.39 is 11.6 Å². The van der Waals surface area contributed by atoms with Crippen LogP contribution in [0.25, 0.3) is 11.0 Å². The molecule has 5 heteroatoms. The Morgan fingerprint density at radius 2 is 2.12 bits per heavy atom. The first kappa shape index (κ1) is 11.9. The summed E-state index contributed by atoms with van der Waals surface area (Å²) in [5, 5.41) is 1.22. The Kier molecular flexibility index (Phi) is 3.58. The minimum absolute atomic E-state index is 0.0790. The van der Waals surface area contributed by atoms with E-state index in [9.17, 15) is 9.59 Å². The Bertz CT molecular complexity index is 603. The smallest absolute Gasteiger partial charge is 0.351 e. The molecular formula is C12H9BrO4. The monoisotopic (exact) mass is 296 g/mol. The highest BCUT2D eigenvalue weighted by Gasteiger charge is 2.14. The summed E-state index contributed by atoms with van der Waals surface area (Å²) in [7, 11) is 0. The van der Waals surface area contributed by atoms with Crippen molar-refractivity contribution in [3.05, 3.63) is 46.3 Å². The molecular weight excluding hydrogens is 288 g/mol. The van der Waals surface area contributed by atoms with Crippen molar-refractivity contribution in [3.63, 3.8) is 0 Å². The van der Waals surface area contributed by atoms with Crippen molar-refractivity contribution in [1.29, 1.82) is 0 Å². The number of benzene rings is 1. The normalized spacial score (nSPS) is 10.4. The number of rotatable bonds is 3. The molecule has 0 unspecified atom stereocenters. The molecule has 0 N–H and O–H groups in total. The van der Waals surface area contributed by atoms with E-state index in [4.69, 9.17) is 9.15 Å². The Labute approximate surface area is 105 Å². The maximum atomic E-state index is 11.6. The third-order valence-corrected chi connectivity index (χ3v) is 2.50. The third kappa shape index (κ3) is 2.55. The second-order valence-electron chi connectivity index (χ2n) is 3.31. The zero-order valence-corrected chi connectivity index (χ0v) is 10.4. The molecule has 2 aromatic rings. The standard InChI is InChI=1S/C12H9BrO4/c13-5-6-16-11(14)9-7-8-3-1-2-4-10(8)17-12(9)15/h1-4,7H,5-6H2. The topological polar surface area (TPSA) is 56.5 Å². The van der Waals surface area contributed by atoms with Crippen molar-refractivity contribution >= 4 is 32.9 Å². The Morgan fingerprint density at radius 3 is 2.88 bits per heavy atom. The second kappa shape index (κ2) is 5.14. The van der Waals surface area contributed by atoms with Crippen molar-refractivity contribution in [2.45, 2.75) is 0 Å². The number of esters is 1. The molecule has 4 nitrogen and oxygen atoms in total. The van der Waals surface area contributed by atoms with Crippen LogP contribution in [0.15, 0.2) is 39.5 Å². The van der Waals surface area contributed by atoms with Crippen molar-refractivity contribution in [2.75, 3.05) is 11.9 Å². The minimum atomic E-state index is -0.678. The summed E-state index contributed by atoms with van der Waals surface area (Å²) in [5.74, 6) is -0.663. The van der Waals surface area contributed by atoms with Gasteiger partial charge in [-0.3, -0.25) is 0 Å². The van der Waals surface area contributed by atoms with Crippen LogP contribution in [0.4, 0.5) is 0 Å². The van der Waals surface area contributed by atoms with Crippen LogP contribution in [-0.4, -0.2) is 17.9 Å². The number of hydrogen-bond acceptors (Lipinski definition) is 4. The largest absolute Gasteiger partial charge is 0.461 e. The molecule has 1 aromatic heterocycles. The number of carbonyl (C=O) groups is 1. The molecule has 17 heavy (non-hydrogen) atoms. The third-order valence-electron chi connectivity index (χ3n) is 2.17. The molecule has 0 aliphatic carbocycles. The van der Waals surface area contributed by atoms with E-state index >= 15 is 0 Å². The molecule has 0 radical (unpaired) electrons. The first-order chi connectivity index (χ1) is 8.22. The van der Waals surface area contributed by atoms with E-state index in [0.29, 0.717) is 16.3 Å².